The van der Waals surface area contributed by atoms with Crippen molar-refractivity contribution in [3.8, 4) is 0 Å². The fourth-order valence-corrected chi connectivity index (χ4v) is 3.88. The predicted octanol–water partition coefficient (Wildman–Crippen LogP) is 2.37. The summed E-state index contributed by atoms with van der Waals surface area (Å²) in [6.07, 6.45) is 6.55. The molecule has 0 spiro atoms. The zero-order chi connectivity index (χ0) is 17.8. The standard InChI is InChI=1S/C18H28N4O3/c1-3-15(17-19-12(2)21-25-17)20-16(23)13-8-10-22(11-9-13)18(24)14-6-4-5-7-14/h13-15H,3-11H2,1-2H3,(H,20,23)/t15-/m1/s1. The van der Waals surface area contributed by atoms with Gasteiger partial charge in [-0.15, -0.1) is 0 Å². The molecule has 138 valence electrons. The van der Waals surface area contributed by atoms with Gasteiger partial charge in [-0.3, -0.25) is 9.59 Å². The van der Waals surface area contributed by atoms with Gasteiger partial charge in [-0.1, -0.05) is 24.9 Å². The number of hydrogen-bond acceptors (Lipinski definition) is 5. The number of amides is 2. The Morgan fingerprint density at radius 3 is 2.44 bits per heavy atom. The van der Waals surface area contributed by atoms with Crippen LogP contribution in [0.5, 0.6) is 0 Å². The SMILES string of the molecule is CC[C@@H](NC(=O)C1CCN(C(=O)C2CCCC2)CC1)c1nc(C)no1. The van der Waals surface area contributed by atoms with Gasteiger partial charge in [0.15, 0.2) is 5.82 Å². The average molecular weight is 348 g/mol. The first-order chi connectivity index (χ1) is 12.1. The molecule has 1 saturated carbocycles. The highest BCUT2D eigenvalue weighted by Gasteiger charge is 2.32. The third-order valence-corrected chi connectivity index (χ3v) is 5.45. The molecule has 25 heavy (non-hydrogen) atoms. The highest BCUT2D eigenvalue weighted by Crippen LogP contribution is 2.28. The van der Waals surface area contributed by atoms with E-state index in [0.717, 1.165) is 25.7 Å². The van der Waals surface area contributed by atoms with E-state index in [0.29, 0.717) is 37.1 Å². The van der Waals surface area contributed by atoms with Crippen molar-refractivity contribution in [1.82, 2.24) is 20.4 Å². The first-order valence-electron chi connectivity index (χ1n) is 9.47. The van der Waals surface area contributed by atoms with Gasteiger partial charge in [0.2, 0.25) is 17.7 Å². The third-order valence-electron chi connectivity index (χ3n) is 5.45. The zero-order valence-corrected chi connectivity index (χ0v) is 15.2. The first-order valence-corrected chi connectivity index (χ1v) is 9.47. The number of piperidine rings is 1. The van der Waals surface area contributed by atoms with Crippen LogP contribution in [-0.4, -0.2) is 39.9 Å². The zero-order valence-electron chi connectivity index (χ0n) is 15.2. The molecule has 2 heterocycles. The first kappa shape index (κ1) is 17.9. The number of aryl methyl sites for hydroxylation is 1. The Morgan fingerprint density at radius 1 is 1.20 bits per heavy atom. The van der Waals surface area contributed by atoms with E-state index in [-0.39, 0.29) is 23.8 Å². The molecule has 0 aromatic carbocycles. The van der Waals surface area contributed by atoms with Crippen LogP contribution in [0.2, 0.25) is 0 Å². The van der Waals surface area contributed by atoms with Gasteiger partial charge in [-0.25, -0.2) is 0 Å². The van der Waals surface area contributed by atoms with Crippen LogP contribution in [0, 0.1) is 18.8 Å². The van der Waals surface area contributed by atoms with Gasteiger partial charge in [0.1, 0.15) is 6.04 Å². The van der Waals surface area contributed by atoms with Crippen molar-refractivity contribution in [1.29, 1.82) is 0 Å². The topological polar surface area (TPSA) is 88.3 Å². The predicted molar refractivity (Wildman–Crippen MR) is 91.5 cm³/mol. The molecule has 2 amide bonds. The number of carbonyl (C=O) groups excluding carboxylic acids is 2. The maximum Gasteiger partial charge on any atom is 0.249 e. The van der Waals surface area contributed by atoms with Crippen molar-refractivity contribution in [3.63, 3.8) is 0 Å². The number of aromatic nitrogens is 2. The monoisotopic (exact) mass is 348 g/mol. The van der Waals surface area contributed by atoms with Crippen LogP contribution >= 0.6 is 0 Å². The molecule has 1 saturated heterocycles. The van der Waals surface area contributed by atoms with Crippen LogP contribution in [0.25, 0.3) is 0 Å². The number of nitrogens with zero attached hydrogens (tertiary/aromatic N) is 3. The van der Waals surface area contributed by atoms with Crippen molar-refractivity contribution >= 4 is 11.8 Å². The number of nitrogens with one attached hydrogen (secondary N) is 1. The lowest BCUT2D eigenvalue weighted by molar-refractivity contribution is -0.139. The number of hydrogen-bond donors (Lipinski definition) is 1. The Balaban J connectivity index is 1.50. The molecule has 0 unspecified atom stereocenters. The van der Waals surface area contributed by atoms with Gasteiger partial charge in [-0.2, -0.15) is 4.98 Å². The van der Waals surface area contributed by atoms with Crippen LogP contribution in [0.15, 0.2) is 4.52 Å². The Labute approximate surface area is 148 Å². The van der Waals surface area contributed by atoms with Crippen LogP contribution < -0.4 is 5.32 Å². The summed E-state index contributed by atoms with van der Waals surface area (Å²) in [5.74, 6) is 1.52. The molecule has 1 N–H and O–H groups in total. The fraction of sp³-hybridized carbons (Fsp3) is 0.778. The Morgan fingerprint density at radius 2 is 1.88 bits per heavy atom. The molecule has 0 radical (unpaired) electrons. The summed E-state index contributed by atoms with van der Waals surface area (Å²) in [7, 11) is 0. The second kappa shape index (κ2) is 7.97. The number of rotatable bonds is 5. The van der Waals surface area contributed by atoms with E-state index in [1.54, 1.807) is 6.92 Å². The van der Waals surface area contributed by atoms with Crippen molar-refractivity contribution in [2.75, 3.05) is 13.1 Å². The van der Waals surface area contributed by atoms with Crippen molar-refractivity contribution in [2.45, 2.75) is 64.8 Å². The van der Waals surface area contributed by atoms with Crippen molar-refractivity contribution < 1.29 is 14.1 Å². The summed E-state index contributed by atoms with van der Waals surface area (Å²) in [6.45, 7) is 5.11. The minimum atomic E-state index is -0.244. The van der Waals surface area contributed by atoms with Gasteiger partial charge in [-0.05, 0) is 39.0 Å². The maximum absolute atomic E-state index is 12.6. The lowest BCUT2D eigenvalue weighted by atomic mass is 9.94. The molecule has 2 fully saturated rings. The Bertz CT molecular complexity index is 601. The molecule has 1 aliphatic carbocycles. The minimum absolute atomic E-state index is 0.0238. The van der Waals surface area contributed by atoms with Gasteiger partial charge in [0.25, 0.3) is 0 Å². The van der Waals surface area contributed by atoms with Gasteiger partial charge in [0, 0.05) is 24.9 Å². The smallest absolute Gasteiger partial charge is 0.249 e. The van der Waals surface area contributed by atoms with Crippen LogP contribution in [0.4, 0.5) is 0 Å². The van der Waals surface area contributed by atoms with Crippen molar-refractivity contribution in [3.05, 3.63) is 11.7 Å². The summed E-state index contributed by atoms with van der Waals surface area (Å²) in [4.78, 5) is 31.2. The van der Waals surface area contributed by atoms with Crippen molar-refractivity contribution in [2.24, 2.45) is 11.8 Å². The number of carbonyl (C=O) groups is 2. The summed E-state index contributed by atoms with van der Waals surface area (Å²) in [5.41, 5.74) is 0. The van der Waals surface area contributed by atoms with Crippen LogP contribution in [0.3, 0.4) is 0 Å². The average Bonchev–Trinajstić information content (AvgIpc) is 3.31. The second-order valence-electron chi connectivity index (χ2n) is 7.23. The van der Waals surface area contributed by atoms with E-state index < -0.39 is 0 Å². The molecule has 7 heteroatoms. The van der Waals surface area contributed by atoms with Crippen LogP contribution in [-0.2, 0) is 9.59 Å². The van der Waals surface area contributed by atoms with Gasteiger partial charge in [0.05, 0.1) is 0 Å². The molecular formula is C18H28N4O3. The Kier molecular flexibility index (Phi) is 5.71. The van der Waals surface area contributed by atoms with Gasteiger partial charge >= 0.3 is 0 Å². The van der Waals surface area contributed by atoms with Crippen LogP contribution in [0.1, 0.15) is 69.6 Å². The quantitative estimate of drug-likeness (QED) is 0.882. The lowest BCUT2D eigenvalue weighted by Gasteiger charge is -2.33. The van der Waals surface area contributed by atoms with E-state index in [4.69, 9.17) is 4.52 Å². The molecule has 2 aliphatic rings. The molecular weight excluding hydrogens is 320 g/mol. The van der Waals surface area contributed by atoms with E-state index in [9.17, 15) is 9.59 Å². The highest BCUT2D eigenvalue weighted by atomic mass is 16.5. The minimum Gasteiger partial charge on any atom is -0.344 e. The summed E-state index contributed by atoms with van der Waals surface area (Å²) >= 11 is 0. The van der Waals surface area contributed by atoms with E-state index in [2.05, 4.69) is 15.5 Å². The second-order valence-corrected chi connectivity index (χ2v) is 7.23. The molecule has 1 aliphatic heterocycles. The fourth-order valence-electron chi connectivity index (χ4n) is 3.88. The highest BCUT2D eigenvalue weighted by molar-refractivity contribution is 5.81. The Hall–Kier alpha value is -1.92. The maximum atomic E-state index is 12.6. The molecule has 7 nitrogen and oxygen atoms in total. The molecule has 1 aromatic heterocycles. The summed E-state index contributed by atoms with van der Waals surface area (Å²) in [6, 6.07) is -0.244. The molecule has 1 aromatic rings. The molecule has 1 atom stereocenters. The lowest BCUT2D eigenvalue weighted by Crippen LogP contribution is -2.45. The molecule has 3 rings (SSSR count). The normalized spacial score (nSPS) is 20.6. The summed E-state index contributed by atoms with van der Waals surface area (Å²) in [5, 5.41) is 6.82. The van der Waals surface area contributed by atoms with Gasteiger partial charge < -0.3 is 14.7 Å². The number of likely N-dealkylation sites (tertiary alicyclic amines) is 1. The van der Waals surface area contributed by atoms with E-state index in [1.807, 2.05) is 11.8 Å². The third kappa shape index (κ3) is 4.19. The van der Waals surface area contributed by atoms with E-state index in [1.165, 1.54) is 12.8 Å². The largest absolute Gasteiger partial charge is 0.344 e. The summed E-state index contributed by atoms with van der Waals surface area (Å²) < 4.78 is 5.18. The van der Waals surface area contributed by atoms with E-state index >= 15 is 0 Å². The molecule has 0 bridgehead atoms.